The number of rotatable bonds is 2. The fourth-order valence-corrected chi connectivity index (χ4v) is 3.31. The van der Waals surface area contributed by atoms with Gasteiger partial charge in [-0.2, -0.15) is 0 Å². The number of furan rings is 1. The monoisotopic (exact) mass is 309 g/mol. The van der Waals surface area contributed by atoms with Gasteiger partial charge in [0.1, 0.15) is 17.2 Å². The van der Waals surface area contributed by atoms with E-state index in [1.807, 2.05) is 24.4 Å². The van der Waals surface area contributed by atoms with Crippen LogP contribution in [0.25, 0.3) is 5.65 Å². The second kappa shape index (κ2) is 5.26. The molecular formula is C18H19N3O2. The Morgan fingerprint density at radius 3 is 3.04 bits per heavy atom. The average Bonchev–Trinajstić information content (AvgIpc) is 3.12. The summed E-state index contributed by atoms with van der Waals surface area (Å²) in [6.45, 7) is 4.58. The number of carbonyl (C=O) groups is 1. The van der Waals surface area contributed by atoms with Gasteiger partial charge in [0.2, 0.25) is 5.91 Å². The van der Waals surface area contributed by atoms with Gasteiger partial charge in [-0.05, 0) is 30.7 Å². The van der Waals surface area contributed by atoms with Crippen molar-refractivity contribution in [2.24, 2.45) is 0 Å². The fourth-order valence-electron chi connectivity index (χ4n) is 3.31. The van der Waals surface area contributed by atoms with Crippen LogP contribution in [-0.4, -0.2) is 15.3 Å². The first kappa shape index (κ1) is 14.1. The molecule has 1 N–H and O–H groups in total. The molecule has 4 rings (SSSR count). The van der Waals surface area contributed by atoms with E-state index in [4.69, 9.17) is 9.40 Å². The number of amides is 1. The minimum Gasteiger partial charge on any atom is -0.465 e. The van der Waals surface area contributed by atoms with E-state index in [-0.39, 0.29) is 11.8 Å². The molecule has 3 aromatic heterocycles. The first-order valence-corrected chi connectivity index (χ1v) is 7.99. The topological polar surface area (TPSA) is 59.5 Å². The number of fused-ring (bicyclic) bond motifs is 3. The van der Waals surface area contributed by atoms with E-state index in [9.17, 15) is 4.79 Å². The summed E-state index contributed by atoms with van der Waals surface area (Å²) < 4.78 is 8.06. The SMILES string of the molecule is CCc1ccc(C2CC(=O)NCc3nc4c(C)cccn4c32)o1. The van der Waals surface area contributed by atoms with Crippen LogP contribution in [0.15, 0.2) is 34.9 Å². The van der Waals surface area contributed by atoms with Gasteiger partial charge in [-0.25, -0.2) is 4.98 Å². The van der Waals surface area contributed by atoms with Crippen LogP contribution in [0, 0.1) is 6.92 Å². The number of carbonyl (C=O) groups excluding carboxylic acids is 1. The molecule has 0 bridgehead atoms. The van der Waals surface area contributed by atoms with E-state index in [1.165, 1.54) is 0 Å². The highest BCUT2D eigenvalue weighted by Crippen LogP contribution is 2.34. The van der Waals surface area contributed by atoms with E-state index in [0.29, 0.717) is 13.0 Å². The summed E-state index contributed by atoms with van der Waals surface area (Å²) in [7, 11) is 0. The summed E-state index contributed by atoms with van der Waals surface area (Å²) in [4.78, 5) is 16.9. The molecule has 0 radical (unpaired) electrons. The molecule has 0 fully saturated rings. The molecule has 0 spiro atoms. The Balaban J connectivity index is 1.94. The number of pyridine rings is 1. The lowest BCUT2D eigenvalue weighted by molar-refractivity contribution is -0.121. The molecular weight excluding hydrogens is 290 g/mol. The molecule has 0 aliphatic carbocycles. The van der Waals surface area contributed by atoms with E-state index < -0.39 is 0 Å². The van der Waals surface area contributed by atoms with E-state index in [2.05, 4.69) is 29.6 Å². The van der Waals surface area contributed by atoms with Crippen LogP contribution in [-0.2, 0) is 17.8 Å². The number of imidazole rings is 1. The predicted molar refractivity (Wildman–Crippen MR) is 86.3 cm³/mol. The molecule has 0 saturated heterocycles. The summed E-state index contributed by atoms with van der Waals surface area (Å²) in [6.07, 6.45) is 3.24. The lowest BCUT2D eigenvalue weighted by atomic mass is 9.97. The molecule has 1 amide bonds. The van der Waals surface area contributed by atoms with Crippen molar-refractivity contribution in [3.63, 3.8) is 0 Å². The quantitative estimate of drug-likeness (QED) is 0.792. The lowest BCUT2D eigenvalue weighted by Crippen LogP contribution is -2.21. The van der Waals surface area contributed by atoms with Crippen LogP contribution < -0.4 is 5.32 Å². The second-order valence-electron chi connectivity index (χ2n) is 6.02. The molecule has 1 atom stereocenters. The molecule has 1 unspecified atom stereocenters. The van der Waals surface area contributed by atoms with Crippen molar-refractivity contribution < 1.29 is 9.21 Å². The van der Waals surface area contributed by atoms with Gasteiger partial charge in [-0.15, -0.1) is 0 Å². The number of aryl methyl sites for hydroxylation is 2. The summed E-state index contributed by atoms with van der Waals surface area (Å²) in [5, 5.41) is 2.95. The maximum Gasteiger partial charge on any atom is 0.221 e. The highest BCUT2D eigenvalue weighted by Gasteiger charge is 2.31. The zero-order chi connectivity index (χ0) is 16.0. The van der Waals surface area contributed by atoms with Crippen molar-refractivity contribution in [3.05, 3.63) is 58.9 Å². The third-order valence-electron chi connectivity index (χ3n) is 4.51. The maximum absolute atomic E-state index is 12.1. The highest BCUT2D eigenvalue weighted by atomic mass is 16.3. The molecule has 4 heterocycles. The molecule has 23 heavy (non-hydrogen) atoms. The summed E-state index contributed by atoms with van der Waals surface area (Å²) in [5.74, 6) is 1.70. The van der Waals surface area contributed by atoms with Gasteiger partial charge in [0.05, 0.1) is 23.9 Å². The van der Waals surface area contributed by atoms with Crippen LogP contribution in [0.3, 0.4) is 0 Å². The van der Waals surface area contributed by atoms with Gasteiger partial charge >= 0.3 is 0 Å². The number of aromatic nitrogens is 2. The summed E-state index contributed by atoms with van der Waals surface area (Å²) in [6, 6.07) is 8.05. The first-order chi connectivity index (χ1) is 11.2. The Kier molecular flexibility index (Phi) is 3.22. The van der Waals surface area contributed by atoms with Gasteiger partial charge in [-0.3, -0.25) is 4.79 Å². The second-order valence-corrected chi connectivity index (χ2v) is 6.02. The normalized spacial score (nSPS) is 17.8. The zero-order valence-corrected chi connectivity index (χ0v) is 13.3. The van der Waals surface area contributed by atoms with Crippen LogP contribution in [0.2, 0.25) is 0 Å². The number of hydrogen-bond donors (Lipinski definition) is 1. The largest absolute Gasteiger partial charge is 0.465 e. The van der Waals surface area contributed by atoms with E-state index in [0.717, 1.165) is 40.5 Å². The Bertz CT molecular complexity index is 891. The van der Waals surface area contributed by atoms with Gasteiger partial charge in [-0.1, -0.05) is 13.0 Å². The van der Waals surface area contributed by atoms with E-state index in [1.54, 1.807) is 0 Å². The van der Waals surface area contributed by atoms with Crippen molar-refractivity contribution >= 4 is 11.6 Å². The maximum atomic E-state index is 12.1. The third-order valence-corrected chi connectivity index (χ3v) is 4.51. The Morgan fingerprint density at radius 2 is 2.26 bits per heavy atom. The van der Waals surface area contributed by atoms with Crippen molar-refractivity contribution in [2.75, 3.05) is 0 Å². The molecule has 5 heteroatoms. The number of nitrogens with zero attached hydrogens (tertiary/aromatic N) is 2. The van der Waals surface area contributed by atoms with Gasteiger partial charge in [0.15, 0.2) is 0 Å². The minimum atomic E-state index is -0.107. The Hall–Kier alpha value is -2.56. The number of nitrogens with one attached hydrogen (secondary N) is 1. The predicted octanol–water partition coefficient (Wildman–Crippen LogP) is 2.95. The first-order valence-electron chi connectivity index (χ1n) is 7.99. The highest BCUT2D eigenvalue weighted by molar-refractivity contribution is 5.78. The minimum absolute atomic E-state index is 0.0313. The number of hydrogen-bond acceptors (Lipinski definition) is 3. The van der Waals surface area contributed by atoms with Crippen molar-refractivity contribution in [2.45, 2.75) is 39.2 Å². The summed E-state index contributed by atoms with van der Waals surface area (Å²) >= 11 is 0. The van der Waals surface area contributed by atoms with Crippen LogP contribution in [0.1, 0.15) is 47.7 Å². The van der Waals surface area contributed by atoms with Crippen LogP contribution in [0.5, 0.6) is 0 Å². The summed E-state index contributed by atoms with van der Waals surface area (Å²) in [5.41, 5.74) is 4.05. The van der Waals surface area contributed by atoms with Gasteiger partial charge in [0.25, 0.3) is 0 Å². The van der Waals surface area contributed by atoms with E-state index >= 15 is 0 Å². The lowest BCUT2D eigenvalue weighted by Gasteiger charge is -2.13. The fraction of sp³-hybridized carbons (Fsp3) is 0.333. The molecule has 1 aliphatic heterocycles. The molecule has 1 aliphatic rings. The Labute approximate surface area is 134 Å². The molecule has 3 aromatic rings. The Morgan fingerprint density at radius 1 is 1.39 bits per heavy atom. The van der Waals surface area contributed by atoms with Crippen molar-refractivity contribution in [1.82, 2.24) is 14.7 Å². The van der Waals surface area contributed by atoms with Gasteiger partial charge < -0.3 is 14.1 Å². The van der Waals surface area contributed by atoms with Crippen LogP contribution >= 0.6 is 0 Å². The van der Waals surface area contributed by atoms with Crippen molar-refractivity contribution in [3.8, 4) is 0 Å². The average molecular weight is 309 g/mol. The van der Waals surface area contributed by atoms with Crippen LogP contribution in [0.4, 0.5) is 0 Å². The van der Waals surface area contributed by atoms with Crippen molar-refractivity contribution in [1.29, 1.82) is 0 Å². The smallest absolute Gasteiger partial charge is 0.221 e. The third kappa shape index (κ3) is 2.23. The van der Waals surface area contributed by atoms with Gasteiger partial charge in [0, 0.05) is 19.0 Å². The molecule has 0 aromatic carbocycles. The molecule has 0 saturated carbocycles. The molecule has 5 nitrogen and oxygen atoms in total. The molecule has 118 valence electrons. The standard InChI is InChI=1S/C18H19N3O2/c1-3-12-6-7-15(23-12)13-9-16(22)19-10-14-17(13)21-8-4-5-11(2)18(21)20-14/h4-8,13H,3,9-10H2,1-2H3,(H,19,22). The zero-order valence-electron chi connectivity index (χ0n) is 13.3.